The number of hydrogen-bond acceptors (Lipinski definition) is 4. The highest BCUT2D eigenvalue weighted by atomic mass is 16.5. The zero-order valence-electron chi connectivity index (χ0n) is 18.7. The van der Waals surface area contributed by atoms with Gasteiger partial charge < -0.3 is 9.64 Å². The average molecular weight is 415 g/mol. The van der Waals surface area contributed by atoms with E-state index in [1.807, 2.05) is 21.6 Å². The van der Waals surface area contributed by atoms with E-state index in [1.54, 1.807) is 11.6 Å². The van der Waals surface area contributed by atoms with Gasteiger partial charge >= 0.3 is 5.69 Å². The molecule has 0 spiro atoms. The Labute approximate surface area is 178 Å². The maximum Gasteiger partial charge on any atom is 0.330 e. The van der Waals surface area contributed by atoms with Crippen molar-refractivity contribution < 1.29 is 9.53 Å². The third kappa shape index (κ3) is 4.17. The van der Waals surface area contributed by atoms with Gasteiger partial charge in [0, 0.05) is 57.4 Å². The van der Waals surface area contributed by atoms with Gasteiger partial charge in [-0.15, -0.1) is 0 Å². The van der Waals surface area contributed by atoms with Crippen LogP contribution >= 0.6 is 0 Å². The first-order valence-electron chi connectivity index (χ1n) is 11.2. The lowest BCUT2D eigenvalue weighted by Crippen LogP contribution is -2.43. The van der Waals surface area contributed by atoms with Crippen molar-refractivity contribution in [3.63, 3.8) is 0 Å². The molecule has 1 unspecified atom stereocenters. The number of carbonyl (C=O) groups is 1. The first-order chi connectivity index (χ1) is 14.2. The predicted molar refractivity (Wildman–Crippen MR) is 117 cm³/mol. The summed E-state index contributed by atoms with van der Waals surface area (Å²) in [5.41, 5.74) is 2.58. The van der Waals surface area contributed by atoms with Crippen LogP contribution in [0.15, 0.2) is 16.9 Å². The summed E-state index contributed by atoms with van der Waals surface area (Å²) in [6.07, 6.45) is 3.66. The van der Waals surface area contributed by atoms with Crippen molar-refractivity contribution in [2.75, 3.05) is 26.3 Å². The van der Waals surface area contributed by atoms with Gasteiger partial charge in [0.25, 0.3) is 0 Å². The number of piperidine rings is 1. The Morgan fingerprint density at radius 2 is 1.93 bits per heavy atom. The van der Waals surface area contributed by atoms with Crippen LogP contribution in [0.1, 0.15) is 58.1 Å². The highest BCUT2D eigenvalue weighted by Crippen LogP contribution is 2.29. The normalized spacial score (nSPS) is 21.3. The molecular formula is C23H34N4O3. The Kier molecular flexibility index (Phi) is 5.75. The number of pyridine rings is 1. The Bertz CT molecular complexity index is 979. The molecule has 7 heteroatoms. The average Bonchev–Trinajstić information content (AvgIpc) is 2.97. The van der Waals surface area contributed by atoms with Crippen LogP contribution < -0.4 is 5.69 Å². The van der Waals surface area contributed by atoms with Crippen molar-refractivity contribution >= 4 is 17.1 Å². The van der Waals surface area contributed by atoms with Gasteiger partial charge in [0.2, 0.25) is 5.91 Å². The molecule has 0 radical (unpaired) electrons. The van der Waals surface area contributed by atoms with Crippen LogP contribution in [0.5, 0.6) is 0 Å². The molecule has 0 saturated carbocycles. The second kappa shape index (κ2) is 8.17. The molecular weight excluding hydrogens is 380 g/mol. The molecule has 1 atom stereocenters. The fraction of sp³-hybridized carbons (Fsp3) is 0.696. The van der Waals surface area contributed by atoms with Crippen LogP contribution in [0, 0.1) is 11.3 Å². The number of amides is 1. The molecule has 2 aromatic heterocycles. The number of nitrogens with zero attached hydrogens (tertiary/aromatic N) is 4. The van der Waals surface area contributed by atoms with Gasteiger partial charge in [0.1, 0.15) is 0 Å². The van der Waals surface area contributed by atoms with Gasteiger partial charge in [0.15, 0.2) is 5.65 Å². The Hall–Kier alpha value is -2.15. The fourth-order valence-electron chi connectivity index (χ4n) is 4.76. The maximum atomic E-state index is 13.0. The minimum absolute atomic E-state index is 0.00513. The number of ether oxygens (including phenoxy) is 1. The van der Waals surface area contributed by atoms with E-state index < -0.39 is 0 Å². The summed E-state index contributed by atoms with van der Waals surface area (Å²) >= 11 is 0. The van der Waals surface area contributed by atoms with Crippen LogP contribution in [0.25, 0.3) is 11.2 Å². The lowest BCUT2D eigenvalue weighted by molar-refractivity contribution is -0.139. The second-order valence-electron chi connectivity index (χ2n) is 10.1. The van der Waals surface area contributed by atoms with E-state index in [1.165, 1.54) is 0 Å². The molecule has 164 valence electrons. The minimum Gasteiger partial charge on any atom is -0.381 e. The summed E-state index contributed by atoms with van der Waals surface area (Å²) in [6, 6.07) is 4.08. The Morgan fingerprint density at radius 1 is 1.20 bits per heavy atom. The molecule has 1 amide bonds. The zero-order chi connectivity index (χ0) is 21.5. The van der Waals surface area contributed by atoms with Gasteiger partial charge in [-0.3, -0.25) is 13.9 Å². The molecule has 2 aromatic rings. The zero-order valence-corrected chi connectivity index (χ0v) is 18.7. The first-order valence-corrected chi connectivity index (χ1v) is 11.2. The predicted octanol–water partition coefficient (Wildman–Crippen LogP) is 2.91. The number of aryl methyl sites for hydroxylation is 1. The van der Waals surface area contributed by atoms with Crippen LogP contribution in [0.4, 0.5) is 0 Å². The quantitative estimate of drug-likeness (QED) is 0.774. The van der Waals surface area contributed by atoms with Gasteiger partial charge in [0.05, 0.1) is 5.52 Å². The monoisotopic (exact) mass is 414 g/mol. The largest absolute Gasteiger partial charge is 0.381 e. The molecule has 0 N–H and O–H groups in total. The topological polar surface area (TPSA) is 69.4 Å². The lowest BCUT2D eigenvalue weighted by atomic mass is 9.91. The van der Waals surface area contributed by atoms with Crippen molar-refractivity contribution in [1.29, 1.82) is 0 Å². The van der Waals surface area contributed by atoms with Crippen molar-refractivity contribution in [3.8, 4) is 0 Å². The lowest BCUT2D eigenvalue weighted by Gasteiger charge is -2.35. The highest BCUT2D eigenvalue weighted by molar-refractivity contribution is 5.79. The SMILES string of the molecule is Cn1c(=O)n(CC(C)(C)C)c2ccc(C3CCCN(C(=O)C4CCOCC4)C3)nc21. The summed E-state index contributed by atoms with van der Waals surface area (Å²) in [7, 11) is 1.79. The van der Waals surface area contributed by atoms with Gasteiger partial charge in [-0.2, -0.15) is 0 Å². The van der Waals surface area contributed by atoms with Crippen molar-refractivity contribution in [2.45, 2.75) is 58.9 Å². The number of fused-ring (bicyclic) bond motifs is 1. The molecule has 0 aromatic carbocycles. The number of carbonyl (C=O) groups excluding carboxylic acids is 1. The smallest absolute Gasteiger partial charge is 0.330 e. The first kappa shape index (κ1) is 21.1. The number of aromatic nitrogens is 3. The standard InChI is InChI=1S/C23H34N4O3/c1-23(2,3)15-27-19-8-7-18(24-20(19)25(4)22(27)29)17-6-5-11-26(14-17)21(28)16-9-12-30-13-10-16/h7-8,16-17H,5-6,9-15H2,1-4H3. The minimum atomic E-state index is -0.0236. The Balaban J connectivity index is 1.57. The van der Waals surface area contributed by atoms with Crippen molar-refractivity contribution in [3.05, 3.63) is 28.3 Å². The summed E-state index contributed by atoms with van der Waals surface area (Å²) in [6.45, 7) is 9.96. The molecule has 2 aliphatic rings. The maximum absolute atomic E-state index is 13.0. The van der Waals surface area contributed by atoms with Gasteiger partial charge in [-0.25, -0.2) is 9.78 Å². The van der Waals surface area contributed by atoms with E-state index in [9.17, 15) is 9.59 Å². The molecule has 4 heterocycles. The van der Waals surface area contributed by atoms with Crippen LogP contribution in [0.2, 0.25) is 0 Å². The fourth-order valence-corrected chi connectivity index (χ4v) is 4.76. The molecule has 0 aliphatic carbocycles. The molecule has 7 nitrogen and oxygen atoms in total. The van der Waals surface area contributed by atoms with Gasteiger partial charge in [-0.1, -0.05) is 20.8 Å². The van der Waals surface area contributed by atoms with E-state index in [-0.39, 0.29) is 28.8 Å². The van der Waals surface area contributed by atoms with Crippen LogP contribution in [-0.4, -0.2) is 51.2 Å². The summed E-state index contributed by atoms with van der Waals surface area (Å²) in [5, 5.41) is 0. The molecule has 2 fully saturated rings. The number of likely N-dealkylation sites (tertiary alicyclic amines) is 1. The number of hydrogen-bond donors (Lipinski definition) is 0. The van der Waals surface area contributed by atoms with E-state index in [2.05, 4.69) is 20.8 Å². The van der Waals surface area contributed by atoms with E-state index in [0.717, 1.165) is 49.1 Å². The van der Waals surface area contributed by atoms with E-state index in [4.69, 9.17) is 9.72 Å². The van der Waals surface area contributed by atoms with Crippen LogP contribution in [0.3, 0.4) is 0 Å². The van der Waals surface area contributed by atoms with Crippen molar-refractivity contribution in [2.24, 2.45) is 18.4 Å². The van der Waals surface area contributed by atoms with E-state index in [0.29, 0.717) is 26.3 Å². The summed E-state index contributed by atoms with van der Waals surface area (Å²) in [4.78, 5) is 32.7. The van der Waals surface area contributed by atoms with Crippen molar-refractivity contribution in [1.82, 2.24) is 19.0 Å². The van der Waals surface area contributed by atoms with Crippen LogP contribution in [-0.2, 0) is 23.1 Å². The molecule has 4 rings (SSSR count). The second-order valence-corrected chi connectivity index (χ2v) is 10.1. The molecule has 2 aliphatic heterocycles. The number of imidazole rings is 1. The van der Waals surface area contributed by atoms with Gasteiger partial charge in [-0.05, 0) is 43.2 Å². The number of rotatable bonds is 3. The molecule has 2 saturated heterocycles. The third-order valence-electron chi connectivity index (χ3n) is 6.36. The highest BCUT2D eigenvalue weighted by Gasteiger charge is 2.31. The molecule has 30 heavy (non-hydrogen) atoms. The summed E-state index contributed by atoms with van der Waals surface area (Å²) < 4.78 is 8.89. The third-order valence-corrected chi connectivity index (χ3v) is 6.36. The molecule has 0 bridgehead atoms. The Morgan fingerprint density at radius 3 is 2.63 bits per heavy atom. The summed E-state index contributed by atoms with van der Waals surface area (Å²) in [5.74, 6) is 0.584. The van der Waals surface area contributed by atoms with E-state index >= 15 is 0 Å².